The molecule has 2 aromatic rings. The highest BCUT2D eigenvalue weighted by molar-refractivity contribution is 8.03. The number of thioether (sulfide) groups is 1. The quantitative estimate of drug-likeness (QED) is 0.814. The fourth-order valence-corrected chi connectivity index (χ4v) is 5.75. The molecule has 1 aromatic heterocycles. The van der Waals surface area contributed by atoms with E-state index in [-0.39, 0.29) is 9.24 Å². The zero-order valence-electron chi connectivity index (χ0n) is 12.6. The molecule has 122 valence electrons. The summed E-state index contributed by atoms with van der Waals surface area (Å²) in [5.74, 6) is 1.03. The van der Waals surface area contributed by atoms with Crippen molar-refractivity contribution < 1.29 is 8.42 Å². The first kappa shape index (κ1) is 15.7. The van der Waals surface area contributed by atoms with Crippen LogP contribution in [0.5, 0.6) is 0 Å². The Morgan fingerprint density at radius 1 is 1.21 bits per heavy atom. The van der Waals surface area contributed by atoms with E-state index in [4.69, 9.17) is 0 Å². The van der Waals surface area contributed by atoms with E-state index < -0.39 is 9.84 Å². The smallest absolute Gasteiger partial charge is 0.233 e. The first-order chi connectivity index (χ1) is 11.6. The van der Waals surface area contributed by atoms with Gasteiger partial charge in [0.1, 0.15) is 0 Å². The normalized spacial score (nSPS) is 16.8. The molecular weight excluding hydrogens is 360 g/mol. The largest absolute Gasteiger partial charge is 0.349 e. The lowest BCUT2D eigenvalue weighted by molar-refractivity contribution is 0.496. The van der Waals surface area contributed by atoms with E-state index in [2.05, 4.69) is 34.4 Å². The van der Waals surface area contributed by atoms with Crippen LogP contribution in [-0.4, -0.2) is 24.1 Å². The second-order valence-corrected chi connectivity index (χ2v) is 9.48. The highest BCUT2D eigenvalue weighted by atomic mass is 32.2. The Labute approximate surface area is 149 Å². The molecule has 0 amide bonds. The van der Waals surface area contributed by atoms with Gasteiger partial charge in [0.25, 0.3) is 0 Å². The standard InChI is InChI=1S/C17H14N2O2S3/c20-24(21,17-18-7-10-23-17)15-3-1-13(2-4-15)11-19-8-5-14-6-9-22-16(14)12-19/h1-8,10,12H,9,11H2. The predicted octanol–water partition coefficient (Wildman–Crippen LogP) is 3.82. The SMILES string of the molecule is O=S(=O)(c1ccc(CN2C=CC3=CCSC3=C2)cc1)c1nccs1. The monoisotopic (exact) mass is 374 g/mol. The minimum atomic E-state index is -3.50. The fraction of sp³-hybridized carbons (Fsp3) is 0.118. The van der Waals surface area contributed by atoms with Gasteiger partial charge in [-0.15, -0.1) is 23.1 Å². The molecule has 0 saturated heterocycles. The van der Waals surface area contributed by atoms with Crippen LogP contribution >= 0.6 is 23.1 Å². The number of sulfone groups is 1. The van der Waals surface area contributed by atoms with E-state index in [1.807, 2.05) is 23.9 Å². The average molecular weight is 375 g/mol. The van der Waals surface area contributed by atoms with Gasteiger partial charge in [0.2, 0.25) is 14.2 Å². The van der Waals surface area contributed by atoms with Crippen LogP contribution in [0.4, 0.5) is 0 Å². The lowest BCUT2D eigenvalue weighted by atomic mass is 10.1. The van der Waals surface area contributed by atoms with Crippen molar-refractivity contribution in [3.05, 3.63) is 76.4 Å². The third-order valence-electron chi connectivity index (χ3n) is 3.79. The van der Waals surface area contributed by atoms with Crippen LogP contribution in [0, 0.1) is 0 Å². The predicted molar refractivity (Wildman–Crippen MR) is 97.3 cm³/mol. The molecule has 0 spiro atoms. The van der Waals surface area contributed by atoms with Gasteiger partial charge >= 0.3 is 0 Å². The molecule has 3 heterocycles. The van der Waals surface area contributed by atoms with Crippen molar-refractivity contribution in [3.8, 4) is 0 Å². The fourth-order valence-electron chi connectivity index (χ4n) is 2.56. The zero-order chi connectivity index (χ0) is 16.6. The molecule has 4 nitrogen and oxygen atoms in total. The molecule has 0 bridgehead atoms. The molecule has 1 aromatic carbocycles. The maximum Gasteiger partial charge on any atom is 0.233 e. The number of allylic oxidation sites excluding steroid dienone is 2. The van der Waals surface area contributed by atoms with Crippen LogP contribution < -0.4 is 0 Å². The third-order valence-corrected chi connectivity index (χ3v) is 7.75. The minimum absolute atomic E-state index is 0.136. The highest BCUT2D eigenvalue weighted by Gasteiger charge is 2.20. The van der Waals surface area contributed by atoms with Crippen LogP contribution in [0.1, 0.15) is 5.56 Å². The van der Waals surface area contributed by atoms with Crippen molar-refractivity contribution in [1.82, 2.24) is 9.88 Å². The molecule has 0 saturated carbocycles. The van der Waals surface area contributed by atoms with E-state index in [1.54, 1.807) is 17.5 Å². The molecule has 0 unspecified atom stereocenters. The Morgan fingerprint density at radius 2 is 2.04 bits per heavy atom. The van der Waals surface area contributed by atoms with Gasteiger partial charge < -0.3 is 4.90 Å². The van der Waals surface area contributed by atoms with Crippen molar-refractivity contribution >= 4 is 32.9 Å². The van der Waals surface area contributed by atoms with Gasteiger partial charge in [-0.1, -0.05) is 18.2 Å². The number of hydrogen-bond donors (Lipinski definition) is 0. The summed E-state index contributed by atoms with van der Waals surface area (Å²) in [6, 6.07) is 7.03. The number of fused-ring (bicyclic) bond motifs is 1. The van der Waals surface area contributed by atoms with Crippen LogP contribution in [0.25, 0.3) is 0 Å². The maximum absolute atomic E-state index is 12.4. The van der Waals surface area contributed by atoms with Crippen LogP contribution in [-0.2, 0) is 16.4 Å². The molecule has 0 N–H and O–H groups in total. The second-order valence-electron chi connectivity index (χ2n) is 5.40. The molecule has 4 rings (SSSR count). The summed E-state index contributed by atoms with van der Waals surface area (Å²) in [5, 5.41) is 1.67. The summed E-state index contributed by atoms with van der Waals surface area (Å²) in [6.07, 6.45) is 10.1. The summed E-state index contributed by atoms with van der Waals surface area (Å²) in [4.78, 5) is 7.60. The number of rotatable bonds is 4. The van der Waals surface area contributed by atoms with Gasteiger partial charge in [0.15, 0.2) is 0 Å². The molecule has 0 aliphatic carbocycles. The first-order valence-corrected chi connectivity index (χ1v) is 10.7. The molecule has 2 aliphatic rings. The molecule has 7 heteroatoms. The average Bonchev–Trinajstić information content (AvgIpc) is 3.27. The van der Waals surface area contributed by atoms with Gasteiger partial charge in [-0.3, -0.25) is 0 Å². The number of aromatic nitrogens is 1. The first-order valence-electron chi connectivity index (χ1n) is 7.35. The molecule has 0 fully saturated rings. The lowest BCUT2D eigenvalue weighted by Crippen LogP contribution is -2.12. The number of nitrogens with zero attached hydrogens (tertiary/aromatic N) is 2. The number of hydrogen-bond acceptors (Lipinski definition) is 6. The summed E-state index contributed by atoms with van der Waals surface area (Å²) in [7, 11) is -3.50. The molecular formula is C17H14N2O2S3. The Bertz CT molecular complexity index is 940. The number of benzene rings is 1. The Kier molecular flexibility index (Phi) is 4.07. The highest BCUT2D eigenvalue weighted by Crippen LogP contribution is 2.35. The van der Waals surface area contributed by atoms with Crippen LogP contribution in [0.2, 0.25) is 0 Å². The van der Waals surface area contributed by atoms with E-state index in [9.17, 15) is 8.42 Å². The second kappa shape index (κ2) is 6.23. The summed E-state index contributed by atoms with van der Waals surface area (Å²) < 4.78 is 25.0. The number of thiazole rings is 1. The topological polar surface area (TPSA) is 50.3 Å². The zero-order valence-corrected chi connectivity index (χ0v) is 15.1. The van der Waals surface area contributed by atoms with E-state index in [0.29, 0.717) is 6.54 Å². The van der Waals surface area contributed by atoms with Gasteiger partial charge in [-0.25, -0.2) is 13.4 Å². The van der Waals surface area contributed by atoms with E-state index in [1.165, 1.54) is 16.7 Å². The maximum atomic E-state index is 12.4. The van der Waals surface area contributed by atoms with Gasteiger partial charge in [-0.2, -0.15) is 0 Å². The molecule has 0 radical (unpaired) electrons. The summed E-state index contributed by atoms with van der Waals surface area (Å²) >= 11 is 2.97. The van der Waals surface area contributed by atoms with Gasteiger partial charge in [-0.05, 0) is 29.3 Å². The molecule has 0 atom stereocenters. The Morgan fingerprint density at radius 3 is 2.79 bits per heavy atom. The third kappa shape index (κ3) is 2.94. The van der Waals surface area contributed by atoms with E-state index in [0.717, 1.165) is 22.7 Å². The summed E-state index contributed by atoms with van der Waals surface area (Å²) in [6.45, 7) is 0.714. The Hall–Kier alpha value is -1.83. The van der Waals surface area contributed by atoms with Crippen LogP contribution in [0.15, 0.2) is 80.1 Å². The molecule has 24 heavy (non-hydrogen) atoms. The minimum Gasteiger partial charge on any atom is -0.349 e. The lowest BCUT2D eigenvalue weighted by Gasteiger charge is -2.21. The van der Waals surface area contributed by atoms with Crippen molar-refractivity contribution in [1.29, 1.82) is 0 Å². The summed E-state index contributed by atoms with van der Waals surface area (Å²) in [5.41, 5.74) is 2.35. The van der Waals surface area contributed by atoms with Crippen molar-refractivity contribution in [3.63, 3.8) is 0 Å². The van der Waals surface area contributed by atoms with Crippen molar-refractivity contribution in [2.24, 2.45) is 0 Å². The van der Waals surface area contributed by atoms with Gasteiger partial charge in [0, 0.05) is 41.2 Å². The van der Waals surface area contributed by atoms with Crippen LogP contribution in [0.3, 0.4) is 0 Å². The van der Waals surface area contributed by atoms with Crippen molar-refractivity contribution in [2.45, 2.75) is 15.8 Å². The van der Waals surface area contributed by atoms with E-state index >= 15 is 0 Å². The Balaban J connectivity index is 1.52. The van der Waals surface area contributed by atoms with Gasteiger partial charge in [0.05, 0.1) is 4.90 Å². The van der Waals surface area contributed by atoms with Crippen molar-refractivity contribution in [2.75, 3.05) is 5.75 Å². The molecule has 2 aliphatic heterocycles.